The predicted molar refractivity (Wildman–Crippen MR) is 105 cm³/mol. The average Bonchev–Trinajstić information content (AvgIpc) is 2.43. The number of nitrogens with zero attached hydrogens (tertiary/aromatic N) is 1. The van der Waals surface area contributed by atoms with Gasteiger partial charge in [-0.1, -0.05) is 54.4 Å². The van der Waals surface area contributed by atoms with Crippen molar-refractivity contribution < 1.29 is 4.39 Å². The summed E-state index contributed by atoms with van der Waals surface area (Å²) in [7, 11) is 0. The van der Waals surface area contributed by atoms with Crippen LogP contribution in [0.1, 0.15) is 73.4 Å². The number of nitrogens with one attached hydrogen (secondary N) is 1. The van der Waals surface area contributed by atoms with E-state index >= 15 is 4.39 Å². The number of aromatic amines is 1. The number of terminal acetylenes is 1. The molecule has 0 aliphatic heterocycles. The Morgan fingerprint density at radius 3 is 2.15 bits per heavy atom. The van der Waals surface area contributed by atoms with Gasteiger partial charge in [-0.15, -0.1) is 6.42 Å². The molecule has 0 saturated heterocycles. The van der Waals surface area contributed by atoms with Crippen LogP contribution in [0.2, 0.25) is 0 Å². The number of hydrogen-bond donors (Lipinski definition) is 1. The van der Waals surface area contributed by atoms with E-state index in [2.05, 4.69) is 38.6 Å². The van der Waals surface area contributed by atoms with Gasteiger partial charge in [-0.2, -0.15) is 0 Å². The van der Waals surface area contributed by atoms with Crippen LogP contribution >= 0.6 is 0 Å². The van der Waals surface area contributed by atoms with Gasteiger partial charge in [0.1, 0.15) is 11.7 Å². The first-order valence-electron chi connectivity index (χ1n) is 9.15. The summed E-state index contributed by atoms with van der Waals surface area (Å²) < 4.78 is 16.9. The van der Waals surface area contributed by atoms with Crippen molar-refractivity contribution in [1.82, 2.24) is 9.55 Å². The van der Waals surface area contributed by atoms with Crippen LogP contribution in [-0.2, 0) is 0 Å². The van der Waals surface area contributed by atoms with Gasteiger partial charge in [-0.3, -0.25) is 14.3 Å². The SMILES string of the molecule is C#Cc1cn([C@H](C)C(F)[C@H]([C@H](C)CC(C)(C)C)C(C)(C)C)c(=O)[nH]c1=O. The average molecular weight is 365 g/mol. The van der Waals surface area contributed by atoms with Crippen molar-refractivity contribution in [2.24, 2.45) is 22.7 Å². The van der Waals surface area contributed by atoms with Gasteiger partial charge in [-0.25, -0.2) is 9.18 Å². The molecule has 0 aromatic carbocycles. The first-order chi connectivity index (χ1) is 11.7. The van der Waals surface area contributed by atoms with E-state index in [-0.39, 0.29) is 28.2 Å². The van der Waals surface area contributed by atoms with Gasteiger partial charge in [0, 0.05) is 6.20 Å². The molecule has 0 bridgehead atoms. The molecule has 1 N–H and O–H groups in total. The molecule has 1 heterocycles. The van der Waals surface area contributed by atoms with E-state index in [4.69, 9.17) is 6.42 Å². The molecule has 0 amide bonds. The zero-order chi connectivity index (χ0) is 20.4. The highest BCUT2D eigenvalue weighted by molar-refractivity contribution is 5.26. The molecule has 4 nitrogen and oxygen atoms in total. The van der Waals surface area contributed by atoms with Crippen LogP contribution in [0.25, 0.3) is 0 Å². The molecule has 0 aliphatic carbocycles. The van der Waals surface area contributed by atoms with Crippen LogP contribution in [0.4, 0.5) is 4.39 Å². The maximum Gasteiger partial charge on any atom is 0.328 e. The second kappa shape index (κ2) is 7.82. The fourth-order valence-electron chi connectivity index (χ4n) is 4.08. The van der Waals surface area contributed by atoms with Crippen molar-refractivity contribution in [2.45, 2.75) is 74.0 Å². The second-order valence-electron chi connectivity index (χ2n) is 9.67. The van der Waals surface area contributed by atoms with E-state index in [1.54, 1.807) is 6.92 Å². The van der Waals surface area contributed by atoms with E-state index in [0.717, 1.165) is 6.42 Å². The Balaban J connectivity index is 3.32. The number of aromatic nitrogens is 2. The van der Waals surface area contributed by atoms with Gasteiger partial charge in [0.15, 0.2) is 0 Å². The molecule has 4 atom stereocenters. The van der Waals surface area contributed by atoms with Crippen LogP contribution in [0.15, 0.2) is 15.8 Å². The number of halogens is 1. The minimum absolute atomic E-state index is 0.0266. The minimum Gasteiger partial charge on any atom is -0.294 e. The molecular weight excluding hydrogens is 331 g/mol. The predicted octanol–water partition coefficient (Wildman–Crippen LogP) is 4.15. The van der Waals surface area contributed by atoms with Crippen LogP contribution in [0, 0.1) is 35.0 Å². The van der Waals surface area contributed by atoms with Crippen LogP contribution in [0.5, 0.6) is 0 Å². The minimum atomic E-state index is -1.26. The molecule has 0 fully saturated rings. The van der Waals surface area contributed by atoms with Gasteiger partial charge in [-0.05, 0) is 36.0 Å². The van der Waals surface area contributed by atoms with Gasteiger partial charge < -0.3 is 0 Å². The lowest BCUT2D eigenvalue weighted by atomic mass is 9.66. The lowest BCUT2D eigenvalue weighted by Crippen LogP contribution is -2.43. The zero-order valence-electron chi connectivity index (χ0n) is 17.3. The monoisotopic (exact) mass is 364 g/mol. The van der Waals surface area contributed by atoms with E-state index in [9.17, 15) is 9.59 Å². The summed E-state index contributed by atoms with van der Waals surface area (Å²) in [6.45, 7) is 16.2. The molecule has 5 heteroatoms. The van der Waals surface area contributed by atoms with E-state index < -0.39 is 23.5 Å². The van der Waals surface area contributed by atoms with Crippen LogP contribution in [-0.4, -0.2) is 15.7 Å². The summed E-state index contributed by atoms with van der Waals surface area (Å²) in [6, 6.07) is -0.738. The number of rotatable bonds is 5. The van der Waals surface area contributed by atoms with Gasteiger partial charge in [0.2, 0.25) is 0 Å². The standard InChI is InChI=1S/C21H33FN2O2/c1-10-15-12-24(19(26)23-18(15)25)14(3)17(22)16(21(7,8)9)13(2)11-20(4,5)6/h1,12-14,16-17H,11H2,2-9H3,(H,23,25,26)/t13-,14-,16+,17?/m1/s1. The molecule has 1 aromatic rings. The smallest absolute Gasteiger partial charge is 0.294 e. The maximum atomic E-state index is 15.7. The van der Waals surface area contributed by atoms with Crippen molar-refractivity contribution in [1.29, 1.82) is 0 Å². The molecule has 26 heavy (non-hydrogen) atoms. The summed E-state index contributed by atoms with van der Waals surface area (Å²) in [6.07, 6.45) is 6.21. The fraction of sp³-hybridized carbons (Fsp3) is 0.714. The molecule has 1 aromatic heterocycles. The lowest BCUT2D eigenvalue weighted by Gasteiger charge is -2.42. The Morgan fingerprint density at radius 1 is 1.19 bits per heavy atom. The quantitative estimate of drug-likeness (QED) is 0.798. The molecule has 146 valence electrons. The highest BCUT2D eigenvalue weighted by Gasteiger charge is 2.41. The zero-order valence-corrected chi connectivity index (χ0v) is 17.3. The number of hydrogen-bond acceptors (Lipinski definition) is 2. The van der Waals surface area contributed by atoms with E-state index in [1.165, 1.54) is 10.8 Å². The van der Waals surface area contributed by atoms with Gasteiger partial charge in [0.05, 0.1) is 6.04 Å². The van der Waals surface area contributed by atoms with Crippen molar-refractivity contribution in [3.8, 4) is 12.3 Å². The summed E-state index contributed by atoms with van der Waals surface area (Å²) in [5.74, 6) is 2.11. The Hall–Kier alpha value is -1.83. The molecule has 1 rings (SSSR count). The van der Waals surface area contributed by atoms with Crippen molar-refractivity contribution in [3.05, 3.63) is 32.6 Å². The molecule has 0 radical (unpaired) electrons. The first-order valence-corrected chi connectivity index (χ1v) is 9.15. The highest BCUT2D eigenvalue weighted by Crippen LogP contribution is 2.43. The van der Waals surface area contributed by atoms with Gasteiger partial charge >= 0.3 is 5.69 Å². The van der Waals surface area contributed by atoms with Crippen molar-refractivity contribution in [3.63, 3.8) is 0 Å². The third kappa shape index (κ3) is 5.33. The van der Waals surface area contributed by atoms with Crippen molar-refractivity contribution in [2.75, 3.05) is 0 Å². The Kier molecular flexibility index (Phi) is 6.68. The summed E-state index contributed by atoms with van der Waals surface area (Å²) >= 11 is 0. The Bertz CT molecular complexity index is 771. The number of alkyl halides is 1. The molecule has 0 spiro atoms. The van der Waals surface area contributed by atoms with Crippen molar-refractivity contribution >= 4 is 0 Å². The molecule has 0 aliphatic rings. The summed E-state index contributed by atoms with van der Waals surface area (Å²) in [5, 5.41) is 0. The summed E-state index contributed by atoms with van der Waals surface area (Å²) in [5.41, 5.74) is -1.43. The summed E-state index contributed by atoms with van der Waals surface area (Å²) in [4.78, 5) is 26.0. The maximum absolute atomic E-state index is 15.7. The molecule has 1 unspecified atom stereocenters. The Labute approximate surface area is 156 Å². The third-order valence-electron chi connectivity index (χ3n) is 4.91. The van der Waals surface area contributed by atoms with Gasteiger partial charge in [0.25, 0.3) is 5.56 Å². The number of H-pyrrole nitrogens is 1. The largest absolute Gasteiger partial charge is 0.328 e. The van der Waals surface area contributed by atoms with Crippen LogP contribution in [0.3, 0.4) is 0 Å². The fourth-order valence-corrected chi connectivity index (χ4v) is 4.08. The highest BCUT2D eigenvalue weighted by atomic mass is 19.1. The first kappa shape index (κ1) is 22.2. The van der Waals surface area contributed by atoms with E-state index in [0.29, 0.717) is 0 Å². The Morgan fingerprint density at radius 2 is 1.73 bits per heavy atom. The third-order valence-corrected chi connectivity index (χ3v) is 4.91. The molecular formula is C21H33FN2O2. The van der Waals surface area contributed by atoms with E-state index in [1.807, 2.05) is 20.8 Å². The molecule has 0 saturated carbocycles. The second-order valence-corrected chi connectivity index (χ2v) is 9.67. The topological polar surface area (TPSA) is 54.9 Å². The normalized spacial score (nSPS) is 17.2. The lowest BCUT2D eigenvalue weighted by molar-refractivity contribution is 0.0230. The van der Waals surface area contributed by atoms with Crippen LogP contribution < -0.4 is 11.2 Å².